The maximum atomic E-state index is 13.0. The van der Waals surface area contributed by atoms with E-state index in [0.29, 0.717) is 29.5 Å². The van der Waals surface area contributed by atoms with Crippen LogP contribution in [0.5, 0.6) is 5.88 Å². The summed E-state index contributed by atoms with van der Waals surface area (Å²) < 4.78 is 5.69. The minimum Gasteiger partial charge on any atom is -0.471 e. The Labute approximate surface area is 129 Å². The zero-order valence-corrected chi connectivity index (χ0v) is 12.9. The van der Waals surface area contributed by atoms with E-state index in [-0.39, 0.29) is 12.0 Å². The fourth-order valence-corrected chi connectivity index (χ4v) is 2.52. The molecule has 0 N–H and O–H groups in total. The van der Waals surface area contributed by atoms with E-state index in [1.807, 2.05) is 32.0 Å². The van der Waals surface area contributed by atoms with Crippen LogP contribution in [0.1, 0.15) is 17.3 Å². The SMILES string of the molecule is C[C@H]1CN(C(=O)c2cccnc2N(C)C)c2cccnc2O1. The predicted molar refractivity (Wildman–Crippen MR) is 84.6 cm³/mol. The molecule has 0 radical (unpaired) electrons. The summed E-state index contributed by atoms with van der Waals surface area (Å²) in [6.07, 6.45) is 3.24. The lowest BCUT2D eigenvalue weighted by Gasteiger charge is -2.33. The van der Waals surface area contributed by atoms with Crippen LogP contribution in [-0.4, -0.2) is 42.6 Å². The third-order valence-electron chi connectivity index (χ3n) is 3.48. The van der Waals surface area contributed by atoms with E-state index in [2.05, 4.69) is 9.97 Å². The van der Waals surface area contributed by atoms with E-state index in [9.17, 15) is 4.79 Å². The molecular formula is C16H18N4O2. The van der Waals surface area contributed by atoms with Crippen LogP contribution in [0.4, 0.5) is 11.5 Å². The minimum absolute atomic E-state index is 0.0961. The van der Waals surface area contributed by atoms with E-state index >= 15 is 0 Å². The number of carbonyl (C=O) groups is 1. The smallest absolute Gasteiger partial charge is 0.262 e. The molecule has 0 aliphatic carbocycles. The van der Waals surface area contributed by atoms with Gasteiger partial charge in [-0.1, -0.05) is 0 Å². The van der Waals surface area contributed by atoms with E-state index in [4.69, 9.17) is 4.74 Å². The molecular weight excluding hydrogens is 280 g/mol. The van der Waals surface area contributed by atoms with Gasteiger partial charge in [-0.25, -0.2) is 9.97 Å². The first-order chi connectivity index (χ1) is 10.6. The first-order valence-corrected chi connectivity index (χ1v) is 7.14. The molecule has 22 heavy (non-hydrogen) atoms. The molecule has 0 saturated carbocycles. The lowest BCUT2D eigenvalue weighted by atomic mass is 10.1. The molecule has 0 bridgehead atoms. The molecule has 3 rings (SSSR count). The highest BCUT2D eigenvalue weighted by molar-refractivity contribution is 6.09. The Hall–Kier alpha value is -2.63. The number of hydrogen-bond donors (Lipinski definition) is 0. The van der Waals surface area contributed by atoms with Crippen molar-refractivity contribution in [1.29, 1.82) is 0 Å². The highest BCUT2D eigenvalue weighted by Gasteiger charge is 2.30. The summed E-state index contributed by atoms with van der Waals surface area (Å²) in [4.78, 5) is 25.1. The number of aromatic nitrogens is 2. The number of pyridine rings is 2. The molecule has 1 aliphatic heterocycles. The van der Waals surface area contributed by atoms with Crippen molar-refractivity contribution < 1.29 is 9.53 Å². The maximum Gasteiger partial charge on any atom is 0.262 e. The quantitative estimate of drug-likeness (QED) is 0.848. The molecule has 3 heterocycles. The topological polar surface area (TPSA) is 58.6 Å². The van der Waals surface area contributed by atoms with Crippen molar-refractivity contribution in [3.8, 4) is 5.88 Å². The second-order valence-corrected chi connectivity index (χ2v) is 5.44. The molecule has 1 atom stereocenters. The van der Waals surface area contributed by atoms with Crippen LogP contribution < -0.4 is 14.5 Å². The van der Waals surface area contributed by atoms with E-state index < -0.39 is 0 Å². The highest BCUT2D eigenvalue weighted by Crippen LogP contribution is 2.32. The van der Waals surface area contributed by atoms with Crippen molar-refractivity contribution in [1.82, 2.24) is 9.97 Å². The van der Waals surface area contributed by atoms with Gasteiger partial charge in [-0.05, 0) is 31.2 Å². The van der Waals surface area contributed by atoms with Gasteiger partial charge in [0.1, 0.15) is 17.6 Å². The first-order valence-electron chi connectivity index (χ1n) is 7.14. The van der Waals surface area contributed by atoms with Crippen molar-refractivity contribution in [2.24, 2.45) is 0 Å². The monoisotopic (exact) mass is 298 g/mol. The molecule has 2 aromatic heterocycles. The number of amides is 1. The first kappa shape index (κ1) is 14.3. The molecule has 1 aliphatic rings. The lowest BCUT2D eigenvalue weighted by Crippen LogP contribution is -2.43. The molecule has 0 aromatic carbocycles. The average Bonchev–Trinajstić information content (AvgIpc) is 2.53. The summed E-state index contributed by atoms with van der Waals surface area (Å²) in [6, 6.07) is 7.21. The molecule has 0 saturated heterocycles. The predicted octanol–water partition coefficient (Wildman–Crippen LogP) is 1.97. The Morgan fingerprint density at radius 1 is 1.27 bits per heavy atom. The summed E-state index contributed by atoms with van der Waals surface area (Å²) in [5.41, 5.74) is 1.26. The van der Waals surface area contributed by atoms with Crippen LogP contribution in [0, 0.1) is 0 Å². The summed E-state index contributed by atoms with van der Waals surface area (Å²) in [5, 5.41) is 0. The zero-order valence-electron chi connectivity index (χ0n) is 12.9. The number of anilines is 2. The Morgan fingerprint density at radius 3 is 2.77 bits per heavy atom. The summed E-state index contributed by atoms with van der Waals surface area (Å²) in [5.74, 6) is 1.04. The third-order valence-corrected chi connectivity index (χ3v) is 3.48. The van der Waals surface area contributed by atoms with E-state index in [1.54, 1.807) is 35.5 Å². The van der Waals surface area contributed by atoms with Gasteiger partial charge in [-0.3, -0.25) is 9.69 Å². The van der Waals surface area contributed by atoms with Gasteiger partial charge in [0.2, 0.25) is 5.88 Å². The lowest BCUT2D eigenvalue weighted by molar-refractivity contribution is 0.0959. The molecule has 0 unspecified atom stereocenters. The number of ether oxygens (including phenoxy) is 1. The molecule has 6 heteroatoms. The van der Waals surface area contributed by atoms with Crippen LogP contribution in [0.15, 0.2) is 36.7 Å². The Bertz CT molecular complexity index is 702. The van der Waals surface area contributed by atoms with Crippen molar-refractivity contribution in [3.05, 3.63) is 42.2 Å². The number of carbonyl (C=O) groups excluding carboxylic acids is 1. The van der Waals surface area contributed by atoms with E-state index in [0.717, 1.165) is 0 Å². The normalized spacial score (nSPS) is 16.7. The van der Waals surface area contributed by atoms with Crippen LogP contribution in [-0.2, 0) is 0 Å². The van der Waals surface area contributed by atoms with Crippen molar-refractivity contribution in [3.63, 3.8) is 0 Å². The summed E-state index contributed by atoms with van der Waals surface area (Å²) in [6.45, 7) is 2.41. The number of rotatable bonds is 2. The van der Waals surface area contributed by atoms with Crippen LogP contribution >= 0.6 is 0 Å². The zero-order chi connectivity index (χ0) is 15.7. The third kappa shape index (κ3) is 2.47. The van der Waals surface area contributed by atoms with Gasteiger partial charge in [-0.2, -0.15) is 0 Å². The van der Waals surface area contributed by atoms with Crippen molar-refractivity contribution in [2.75, 3.05) is 30.4 Å². The highest BCUT2D eigenvalue weighted by atomic mass is 16.5. The fraction of sp³-hybridized carbons (Fsp3) is 0.312. The van der Waals surface area contributed by atoms with Gasteiger partial charge in [0.25, 0.3) is 5.91 Å². The Balaban J connectivity index is 2.03. The summed E-state index contributed by atoms with van der Waals surface area (Å²) in [7, 11) is 3.74. The number of fused-ring (bicyclic) bond motifs is 1. The molecule has 0 fully saturated rings. The molecule has 2 aromatic rings. The fourth-order valence-electron chi connectivity index (χ4n) is 2.52. The van der Waals surface area contributed by atoms with Crippen LogP contribution in [0.3, 0.4) is 0 Å². The van der Waals surface area contributed by atoms with Gasteiger partial charge in [-0.15, -0.1) is 0 Å². The Kier molecular flexibility index (Phi) is 3.66. The van der Waals surface area contributed by atoms with Gasteiger partial charge in [0, 0.05) is 26.5 Å². The van der Waals surface area contributed by atoms with Gasteiger partial charge in [0.05, 0.1) is 12.1 Å². The van der Waals surface area contributed by atoms with Crippen LogP contribution in [0.25, 0.3) is 0 Å². The van der Waals surface area contributed by atoms with Crippen LogP contribution in [0.2, 0.25) is 0 Å². The van der Waals surface area contributed by atoms with Crippen molar-refractivity contribution >= 4 is 17.4 Å². The van der Waals surface area contributed by atoms with Gasteiger partial charge < -0.3 is 9.64 Å². The largest absolute Gasteiger partial charge is 0.471 e. The molecule has 6 nitrogen and oxygen atoms in total. The molecule has 1 amide bonds. The van der Waals surface area contributed by atoms with Gasteiger partial charge in [0.15, 0.2) is 0 Å². The second kappa shape index (κ2) is 5.63. The van der Waals surface area contributed by atoms with Crippen molar-refractivity contribution in [2.45, 2.75) is 13.0 Å². The standard InChI is InChI=1S/C16H18N4O2/c1-11-10-20(13-7-5-9-18-15(13)22-11)16(21)12-6-4-8-17-14(12)19(2)3/h4-9,11H,10H2,1-3H3/t11-/m0/s1. The second-order valence-electron chi connectivity index (χ2n) is 5.44. The Morgan fingerprint density at radius 2 is 2.00 bits per heavy atom. The molecule has 0 spiro atoms. The number of nitrogens with zero attached hydrogens (tertiary/aromatic N) is 4. The van der Waals surface area contributed by atoms with E-state index in [1.165, 1.54) is 0 Å². The average molecular weight is 298 g/mol. The molecule has 114 valence electrons. The summed E-state index contributed by atoms with van der Waals surface area (Å²) >= 11 is 0. The number of hydrogen-bond acceptors (Lipinski definition) is 5. The van der Waals surface area contributed by atoms with Gasteiger partial charge >= 0.3 is 0 Å². The maximum absolute atomic E-state index is 13.0. The minimum atomic E-state index is -0.106.